The number of hydrogen-bond donors (Lipinski definition) is 1. The summed E-state index contributed by atoms with van der Waals surface area (Å²) in [6, 6.07) is 4.40. The summed E-state index contributed by atoms with van der Waals surface area (Å²) in [5.74, 6) is 0.123. The minimum absolute atomic E-state index is 0.278. The first-order valence-corrected chi connectivity index (χ1v) is 6.28. The molecule has 1 aliphatic heterocycles. The Morgan fingerprint density at radius 2 is 2.11 bits per heavy atom. The number of aromatic hydroxyl groups is 1. The van der Waals surface area contributed by atoms with Gasteiger partial charge in [0, 0.05) is 37.3 Å². The van der Waals surface area contributed by atoms with Crippen LogP contribution in [0.4, 0.5) is 11.4 Å². The van der Waals surface area contributed by atoms with Crippen molar-refractivity contribution in [2.75, 3.05) is 18.0 Å². The highest BCUT2D eigenvalue weighted by Gasteiger charge is 2.21. The van der Waals surface area contributed by atoms with Crippen LogP contribution in [0.1, 0.15) is 19.3 Å². The van der Waals surface area contributed by atoms with Gasteiger partial charge in [-0.1, -0.05) is 0 Å². The highest BCUT2D eigenvalue weighted by Crippen LogP contribution is 2.32. The molecule has 0 aliphatic carbocycles. The van der Waals surface area contributed by atoms with Crippen LogP contribution in [0.2, 0.25) is 0 Å². The zero-order valence-electron chi connectivity index (χ0n) is 10.5. The molecule has 2 rings (SSSR count). The smallest absolute Gasteiger partial charge is 0.310 e. The summed E-state index contributed by atoms with van der Waals surface area (Å²) in [7, 11) is 0. The maximum atomic E-state index is 10.6. The van der Waals surface area contributed by atoms with Gasteiger partial charge in [-0.3, -0.25) is 10.1 Å². The van der Waals surface area contributed by atoms with E-state index >= 15 is 0 Å². The van der Waals surface area contributed by atoms with Crippen molar-refractivity contribution in [3.8, 4) is 5.75 Å². The number of phenols is 1. The van der Waals surface area contributed by atoms with Gasteiger partial charge in [-0.25, -0.2) is 0 Å². The summed E-state index contributed by atoms with van der Waals surface area (Å²) < 4.78 is 0. The van der Waals surface area contributed by atoms with Crippen LogP contribution in [0.5, 0.6) is 5.75 Å². The zero-order chi connectivity index (χ0) is 13.8. The fourth-order valence-corrected chi connectivity index (χ4v) is 2.43. The van der Waals surface area contributed by atoms with Crippen molar-refractivity contribution in [2.45, 2.75) is 19.3 Å². The number of rotatable bonds is 4. The predicted molar refractivity (Wildman–Crippen MR) is 70.4 cm³/mol. The molecule has 1 aromatic carbocycles. The number of nitro groups is 1. The lowest BCUT2D eigenvalue weighted by Gasteiger charge is -2.32. The maximum absolute atomic E-state index is 10.6. The van der Waals surface area contributed by atoms with E-state index < -0.39 is 4.92 Å². The monoisotopic (exact) mass is 264 g/mol. The van der Waals surface area contributed by atoms with E-state index in [4.69, 9.17) is 0 Å². The molecule has 0 spiro atoms. The number of piperidine rings is 1. The van der Waals surface area contributed by atoms with Crippen molar-refractivity contribution in [3.05, 3.63) is 28.3 Å². The SMILES string of the molecule is O=CCC1CCN(c2ccc([N+](=O)[O-])c(O)c2)CC1. The molecule has 1 heterocycles. The second-order valence-corrected chi connectivity index (χ2v) is 4.76. The topological polar surface area (TPSA) is 83.7 Å². The van der Waals surface area contributed by atoms with Gasteiger partial charge >= 0.3 is 5.69 Å². The average Bonchev–Trinajstić information content (AvgIpc) is 2.39. The van der Waals surface area contributed by atoms with E-state index in [9.17, 15) is 20.0 Å². The van der Waals surface area contributed by atoms with E-state index in [1.165, 1.54) is 12.1 Å². The lowest BCUT2D eigenvalue weighted by atomic mass is 9.94. The standard InChI is InChI=1S/C13H16N2O4/c16-8-5-10-3-6-14(7-4-10)11-1-2-12(15(18)19)13(17)9-11/h1-2,8-10,17H,3-7H2. The number of nitrogens with zero attached hydrogens (tertiary/aromatic N) is 2. The number of carbonyl (C=O) groups is 1. The fourth-order valence-electron chi connectivity index (χ4n) is 2.43. The largest absolute Gasteiger partial charge is 0.502 e. The first kappa shape index (κ1) is 13.3. The molecular formula is C13H16N2O4. The van der Waals surface area contributed by atoms with Crippen molar-refractivity contribution in [2.24, 2.45) is 5.92 Å². The number of anilines is 1. The second-order valence-electron chi connectivity index (χ2n) is 4.76. The van der Waals surface area contributed by atoms with Gasteiger partial charge in [-0.2, -0.15) is 0 Å². The predicted octanol–water partition coefficient (Wildman–Crippen LogP) is 2.11. The van der Waals surface area contributed by atoms with Gasteiger partial charge < -0.3 is 14.8 Å². The Bertz CT molecular complexity index is 482. The molecule has 1 saturated heterocycles. The Morgan fingerprint density at radius 1 is 1.42 bits per heavy atom. The van der Waals surface area contributed by atoms with E-state index in [-0.39, 0.29) is 11.4 Å². The average molecular weight is 264 g/mol. The van der Waals surface area contributed by atoms with E-state index in [0.717, 1.165) is 37.9 Å². The molecule has 0 aromatic heterocycles. The molecule has 1 aromatic rings. The summed E-state index contributed by atoms with van der Waals surface area (Å²) in [4.78, 5) is 22.6. The Labute approximate surface area is 110 Å². The molecule has 0 atom stereocenters. The molecule has 1 fully saturated rings. The lowest BCUT2D eigenvalue weighted by molar-refractivity contribution is -0.385. The van der Waals surface area contributed by atoms with Gasteiger partial charge in [0.25, 0.3) is 0 Å². The van der Waals surface area contributed by atoms with Crippen molar-refractivity contribution in [1.82, 2.24) is 0 Å². The third kappa shape index (κ3) is 3.01. The van der Waals surface area contributed by atoms with E-state index in [1.54, 1.807) is 6.07 Å². The van der Waals surface area contributed by atoms with Crippen molar-refractivity contribution in [1.29, 1.82) is 0 Å². The van der Waals surface area contributed by atoms with Crippen molar-refractivity contribution < 1.29 is 14.8 Å². The van der Waals surface area contributed by atoms with E-state index in [1.807, 2.05) is 0 Å². The molecule has 0 bridgehead atoms. The van der Waals surface area contributed by atoms with Crippen LogP contribution < -0.4 is 4.90 Å². The summed E-state index contributed by atoms with van der Waals surface area (Å²) in [6.07, 6.45) is 3.41. The van der Waals surface area contributed by atoms with Gasteiger partial charge in [-0.15, -0.1) is 0 Å². The molecule has 6 nitrogen and oxygen atoms in total. The molecule has 0 saturated carbocycles. The Morgan fingerprint density at radius 3 is 2.63 bits per heavy atom. The second kappa shape index (κ2) is 5.69. The van der Waals surface area contributed by atoms with Gasteiger partial charge in [0.1, 0.15) is 6.29 Å². The third-order valence-corrected chi connectivity index (χ3v) is 3.56. The summed E-state index contributed by atoms with van der Waals surface area (Å²) in [5, 5.41) is 20.2. The lowest BCUT2D eigenvalue weighted by Crippen LogP contribution is -2.33. The molecule has 6 heteroatoms. The third-order valence-electron chi connectivity index (χ3n) is 3.56. The summed E-state index contributed by atoms with van der Waals surface area (Å²) >= 11 is 0. The van der Waals surface area contributed by atoms with Gasteiger partial charge in [0.2, 0.25) is 0 Å². The first-order chi connectivity index (χ1) is 9.11. The van der Waals surface area contributed by atoms with Crippen LogP contribution in [-0.4, -0.2) is 29.4 Å². The van der Waals surface area contributed by atoms with Crippen LogP contribution in [0.15, 0.2) is 18.2 Å². The molecule has 0 unspecified atom stereocenters. The van der Waals surface area contributed by atoms with Crippen LogP contribution in [0.3, 0.4) is 0 Å². The number of nitro benzene ring substituents is 1. The number of phenolic OH excluding ortho intramolecular Hbond substituents is 1. The summed E-state index contributed by atoms with van der Waals surface area (Å²) in [6.45, 7) is 1.60. The van der Waals surface area contributed by atoms with Crippen LogP contribution >= 0.6 is 0 Å². The fraction of sp³-hybridized carbons (Fsp3) is 0.462. The number of benzene rings is 1. The normalized spacial score (nSPS) is 16.3. The van der Waals surface area contributed by atoms with Crippen LogP contribution in [0, 0.1) is 16.0 Å². The Balaban J connectivity index is 2.06. The summed E-state index contributed by atoms with van der Waals surface area (Å²) in [5.41, 5.74) is 0.507. The molecule has 1 N–H and O–H groups in total. The van der Waals surface area contributed by atoms with Gasteiger partial charge in [-0.05, 0) is 24.8 Å². The van der Waals surface area contributed by atoms with E-state index in [0.29, 0.717) is 12.3 Å². The van der Waals surface area contributed by atoms with Crippen LogP contribution in [0.25, 0.3) is 0 Å². The van der Waals surface area contributed by atoms with E-state index in [2.05, 4.69) is 4.90 Å². The minimum atomic E-state index is -0.602. The number of aldehydes is 1. The molecule has 0 amide bonds. The van der Waals surface area contributed by atoms with Crippen molar-refractivity contribution >= 4 is 17.7 Å². The molecule has 102 valence electrons. The zero-order valence-corrected chi connectivity index (χ0v) is 10.5. The highest BCUT2D eigenvalue weighted by atomic mass is 16.6. The maximum Gasteiger partial charge on any atom is 0.310 e. The Hall–Kier alpha value is -2.11. The van der Waals surface area contributed by atoms with Gasteiger partial charge in [0.05, 0.1) is 4.92 Å². The number of carbonyl (C=O) groups excluding carboxylic acids is 1. The molecular weight excluding hydrogens is 248 g/mol. The van der Waals surface area contributed by atoms with Crippen LogP contribution in [-0.2, 0) is 4.79 Å². The molecule has 0 radical (unpaired) electrons. The molecule has 1 aliphatic rings. The van der Waals surface area contributed by atoms with Crippen molar-refractivity contribution in [3.63, 3.8) is 0 Å². The minimum Gasteiger partial charge on any atom is -0.502 e. The number of hydrogen-bond acceptors (Lipinski definition) is 5. The quantitative estimate of drug-likeness (QED) is 0.511. The Kier molecular flexibility index (Phi) is 3.99. The van der Waals surface area contributed by atoms with Gasteiger partial charge in [0.15, 0.2) is 5.75 Å². The first-order valence-electron chi connectivity index (χ1n) is 6.28. The molecule has 19 heavy (non-hydrogen) atoms. The highest BCUT2D eigenvalue weighted by molar-refractivity contribution is 5.59.